The van der Waals surface area contributed by atoms with Gasteiger partial charge >= 0.3 is 6.18 Å². The largest absolute Gasteiger partial charge is 0.419 e. The number of H-pyrrole nitrogens is 1. The van der Waals surface area contributed by atoms with Gasteiger partial charge in [-0.15, -0.1) is 0 Å². The molecule has 0 saturated carbocycles. The highest BCUT2D eigenvalue weighted by Gasteiger charge is 2.40. The molecule has 6 nitrogen and oxygen atoms in total. The fourth-order valence-electron chi connectivity index (χ4n) is 4.41. The molecule has 0 radical (unpaired) electrons. The van der Waals surface area contributed by atoms with Gasteiger partial charge in [-0.05, 0) is 31.4 Å². The van der Waals surface area contributed by atoms with Crippen LogP contribution in [0.4, 0.5) is 19.1 Å². The smallest absolute Gasteiger partial charge is 0.360 e. The van der Waals surface area contributed by atoms with Gasteiger partial charge in [0.25, 0.3) is 0 Å². The molecule has 2 fully saturated rings. The summed E-state index contributed by atoms with van der Waals surface area (Å²) in [4.78, 5) is 11.2. The summed E-state index contributed by atoms with van der Waals surface area (Å²) in [7, 11) is 0. The predicted molar refractivity (Wildman–Crippen MR) is 101 cm³/mol. The van der Waals surface area contributed by atoms with Gasteiger partial charge < -0.3 is 15.6 Å². The summed E-state index contributed by atoms with van der Waals surface area (Å²) < 4.78 is 41.0. The Morgan fingerprint density at radius 2 is 2.10 bits per heavy atom. The minimum absolute atomic E-state index is 0.111. The molecule has 5 rings (SSSR count). The molecule has 0 amide bonds. The zero-order valence-corrected chi connectivity index (χ0v) is 15.2. The van der Waals surface area contributed by atoms with Gasteiger partial charge in [-0.3, -0.25) is 0 Å². The normalized spacial score (nSPS) is 23.4. The molecule has 2 aliphatic heterocycles. The fraction of sp³-hybridized carbons (Fsp3) is 0.350. The van der Waals surface area contributed by atoms with Crippen LogP contribution in [0.15, 0.2) is 30.6 Å². The number of aromatic nitrogens is 3. The van der Waals surface area contributed by atoms with Crippen molar-refractivity contribution in [1.82, 2.24) is 20.3 Å². The maximum atomic E-state index is 13.7. The second-order valence-electron chi connectivity index (χ2n) is 7.56. The Morgan fingerprint density at radius 3 is 2.79 bits per heavy atom. The van der Waals surface area contributed by atoms with Crippen LogP contribution in [0.5, 0.6) is 0 Å². The van der Waals surface area contributed by atoms with Crippen molar-refractivity contribution in [3.05, 3.63) is 41.7 Å². The van der Waals surface area contributed by atoms with Gasteiger partial charge in [-0.2, -0.15) is 18.4 Å². The summed E-state index contributed by atoms with van der Waals surface area (Å²) >= 11 is 0. The number of fused-ring (bicyclic) bond motifs is 3. The Labute approximate surface area is 164 Å². The highest BCUT2D eigenvalue weighted by molar-refractivity contribution is 5.96. The van der Waals surface area contributed by atoms with Crippen molar-refractivity contribution < 1.29 is 13.2 Å². The van der Waals surface area contributed by atoms with Crippen LogP contribution in [0, 0.1) is 11.3 Å². The summed E-state index contributed by atoms with van der Waals surface area (Å²) in [5.41, 5.74) is 0.267. The molecule has 29 heavy (non-hydrogen) atoms. The van der Waals surface area contributed by atoms with E-state index in [9.17, 15) is 13.2 Å². The standard InChI is InChI=1S/C20H17F3N6/c21-20(22,23)14-9-26-19(28-17-6-11-2-4-15(17)27-11)29-18(14)13-8-25-16-5-10(7-24)1-3-12(13)16/h1,3,5,8-9,11,15,17,25,27H,2,4,6H2,(H,26,28,29)/t11-,15+,17+/m1/s1. The van der Waals surface area contributed by atoms with Crippen LogP contribution in [0.3, 0.4) is 0 Å². The monoisotopic (exact) mass is 398 g/mol. The van der Waals surface area contributed by atoms with Crippen LogP contribution < -0.4 is 10.6 Å². The van der Waals surface area contributed by atoms with Crippen molar-refractivity contribution in [2.75, 3.05) is 5.32 Å². The van der Waals surface area contributed by atoms with E-state index >= 15 is 0 Å². The zero-order valence-electron chi connectivity index (χ0n) is 15.2. The Bertz CT molecular complexity index is 1130. The third kappa shape index (κ3) is 3.09. The van der Waals surface area contributed by atoms with E-state index in [0.717, 1.165) is 25.5 Å². The first-order valence-corrected chi connectivity index (χ1v) is 9.41. The lowest BCUT2D eigenvalue weighted by Gasteiger charge is -2.22. The molecule has 2 aromatic heterocycles. The number of rotatable bonds is 3. The number of benzene rings is 1. The summed E-state index contributed by atoms with van der Waals surface area (Å²) in [5, 5.41) is 16.3. The van der Waals surface area contributed by atoms with Crippen LogP contribution in [0.25, 0.3) is 22.2 Å². The Hall–Kier alpha value is -3.12. The number of nitrogens with zero attached hydrogens (tertiary/aromatic N) is 3. The molecule has 2 bridgehead atoms. The number of hydrogen-bond donors (Lipinski definition) is 3. The molecule has 3 N–H and O–H groups in total. The van der Waals surface area contributed by atoms with Gasteiger partial charge in [0, 0.05) is 47.0 Å². The number of halogens is 3. The van der Waals surface area contributed by atoms with Crippen LogP contribution >= 0.6 is 0 Å². The molecule has 0 unspecified atom stereocenters. The van der Waals surface area contributed by atoms with Crippen molar-refractivity contribution in [2.45, 2.75) is 43.6 Å². The molecule has 0 aliphatic carbocycles. The maximum Gasteiger partial charge on any atom is 0.419 e. The van der Waals surface area contributed by atoms with E-state index in [-0.39, 0.29) is 17.7 Å². The molecule has 148 valence electrons. The third-order valence-electron chi connectivity index (χ3n) is 5.77. The topological polar surface area (TPSA) is 89.4 Å². The molecule has 2 aliphatic rings. The lowest BCUT2D eigenvalue weighted by atomic mass is 9.96. The first kappa shape index (κ1) is 17.9. The van der Waals surface area contributed by atoms with Crippen LogP contribution in [-0.4, -0.2) is 33.1 Å². The molecule has 9 heteroatoms. The predicted octanol–water partition coefficient (Wildman–Crippen LogP) is 3.82. The molecule has 0 spiro atoms. The van der Waals surface area contributed by atoms with Gasteiger partial charge in [0.2, 0.25) is 5.95 Å². The summed E-state index contributed by atoms with van der Waals surface area (Å²) in [5.74, 6) is 0.190. The summed E-state index contributed by atoms with van der Waals surface area (Å²) in [6.07, 6.45) is 0.827. The van der Waals surface area contributed by atoms with Gasteiger partial charge in [0.15, 0.2) is 0 Å². The SMILES string of the molecule is N#Cc1ccc2c(-c3nc(N[C@H]4C[C@H]5CC[C@@H]4N5)ncc3C(F)(F)F)c[nH]c2c1. The number of nitrogens with one attached hydrogen (secondary N) is 3. The lowest BCUT2D eigenvalue weighted by molar-refractivity contribution is -0.137. The second-order valence-corrected chi connectivity index (χ2v) is 7.56. The zero-order chi connectivity index (χ0) is 20.2. The van der Waals surface area contributed by atoms with Crippen LogP contribution in [0.2, 0.25) is 0 Å². The van der Waals surface area contributed by atoms with Gasteiger partial charge in [0.05, 0.1) is 17.3 Å². The van der Waals surface area contributed by atoms with Gasteiger partial charge in [0.1, 0.15) is 5.56 Å². The molecule has 3 atom stereocenters. The fourth-order valence-corrected chi connectivity index (χ4v) is 4.41. The number of aromatic amines is 1. The van der Waals surface area contributed by atoms with E-state index in [2.05, 4.69) is 25.6 Å². The average molecular weight is 398 g/mol. The average Bonchev–Trinajstić information content (AvgIpc) is 3.41. The minimum Gasteiger partial charge on any atom is -0.360 e. The first-order chi connectivity index (χ1) is 13.9. The lowest BCUT2D eigenvalue weighted by Crippen LogP contribution is -2.34. The molecule has 1 aromatic carbocycles. The van der Waals surface area contributed by atoms with Crippen molar-refractivity contribution in [3.8, 4) is 17.3 Å². The molecule has 4 heterocycles. The van der Waals surface area contributed by atoms with E-state index < -0.39 is 11.7 Å². The van der Waals surface area contributed by atoms with Gasteiger partial charge in [-0.25, -0.2) is 9.97 Å². The van der Waals surface area contributed by atoms with Crippen molar-refractivity contribution in [3.63, 3.8) is 0 Å². The first-order valence-electron chi connectivity index (χ1n) is 9.41. The number of anilines is 1. The molecular formula is C20H17F3N6. The second kappa shape index (κ2) is 6.46. The van der Waals surface area contributed by atoms with E-state index in [4.69, 9.17) is 5.26 Å². The highest BCUT2D eigenvalue weighted by Crippen LogP contribution is 2.39. The number of hydrogen-bond acceptors (Lipinski definition) is 5. The Kier molecular flexibility index (Phi) is 3.99. The van der Waals surface area contributed by atoms with Crippen molar-refractivity contribution >= 4 is 16.9 Å². The highest BCUT2D eigenvalue weighted by atomic mass is 19.4. The van der Waals surface area contributed by atoms with E-state index in [0.29, 0.717) is 34.1 Å². The quantitative estimate of drug-likeness (QED) is 0.624. The number of nitriles is 1. The van der Waals surface area contributed by atoms with E-state index in [1.165, 1.54) is 6.20 Å². The van der Waals surface area contributed by atoms with Crippen LogP contribution in [-0.2, 0) is 6.18 Å². The Morgan fingerprint density at radius 1 is 1.24 bits per heavy atom. The van der Waals surface area contributed by atoms with E-state index in [1.54, 1.807) is 18.2 Å². The van der Waals surface area contributed by atoms with Gasteiger partial charge in [-0.1, -0.05) is 6.07 Å². The summed E-state index contributed by atoms with van der Waals surface area (Å²) in [6, 6.07) is 7.70. The maximum absolute atomic E-state index is 13.7. The van der Waals surface area contributed by atoms with E-state index in [1.807, 2.05) is 6.07 Å². The third-order valence-corrected chi connectivity index (χ3v) is 5.77. The molecule has 2 saturated heterocycles. The minimum atomic E-state index is -4.59. The number of alkyl halides is 3. The van der Waals surface area contributed by atoms with Crippen LogP contribution in [0.1, 0.15) is 30.4 Å². The molecular weight excluding hydrogens is 381 g/mol. The van der Waals surface area contributed by atoms with Crippen molar-refractivity contribution in [2.24, 2.45) is 0 Å². The summed E-state index contributed by atoms with van der Waals surface area (Å²) in [6.45, 7) is 0. The Balaban J connectivity index is 1.57. The molecule has 3 aromatic rings. The van der Waals surface area contributed by atoms with Crippen molar-refractivity contribution in [1.29, 1.82) is 5.26 Å².